The lowest BCUT2D eigenvalue weighted by Crippen LogP contribution is -2.53. The molecule has 83 heavy (non-hydrogen) atoms. The highest BCUT2D eigenvalue weighted by molar-refractivity contribution is 7.00. The van der Waals surface area contributed by atoms with Gasteiger partial charge in [-0.15, -0.1) is 0 Å². The minimum atomic E-state index is -5.27. The van der Waals surface area contributed by atoms with Crippen molar-refractivity contribution in [2.45, 2.75) is 25.5 Å². The topological polar surface area (TPSA) is 0 Å². The van der Waals surface area contributed by atoms with Gasteiger partial charge in [0.2, 0.25) is 13.4 Å². The summed E-state index contributed by atoms with van der Waals surface area (Å²) in [6, 6.07) is 71.2. The van der Waals surface area contributed by atoms with Crippen LogP contribution in [0.4, 0.5) is 39.5 Å². The minimum Gasteiger partial charge on any atom is -0.166 e. The van der Waals surface area contributed by atoms with E-state index in [1.165, 1.54) is 18.2 Å². The maximum absolute atomic E-state index is 15.9. The lowest BCUT2D eigenvalue weighted by Gasteiger charge is -2.28. The molecule has 11 heteroatoms. The van der Waals surface area contributed by atoms with Crippen LogP contribution in [0.15, 0.2) is 243 Å². The van der Waals surface area contributed by atoms with Crippen LogP contribution >= 0.6 is 0 Å². The molecule has 14 rings (SSSR count). The summed E-state index contributed by atoms with van der Waals surface area (Å²) in [5, 5.41) is 9.09. The molecule has 0 nitrogen and oxygen atoms in total. The molecule has 0 spiro atoms. The fraction of sp³-hybridized carbons (Fsp3) is 0.0556. The van der Waals surface area contributed by atoms with Gasteiger partial charge in [0, 0.05) is 5.56 Å². The molecule has 0 aromatic heterocycles. The summed E-state index contributed by atoms with van der Waals surface area (Å²) in [5.74, 6) is 0. The second-order valence-electron chi connectivity index (χ2n) is 21.5. The minimum absolute atomic E-state index is 0.0643. The van der Waals surface area contributed by atoms with Gasteiger partial charge >= 0.3 is 18.5 Å². The van der Waals surface area contributed by atoms with Gasteiger partial charge in [-0.2, -0.15) is 39.5 Å². The highest BCUT2D eigenvalue weighted by atomic mass is 19.4. The normalized spacial score (nSPS) is 12.5. The van der Waals surface area contributed by atoms with Gasteiger partial charge in [0.05, 0.1) is 16.7 Å². The van der Waals surface area contributed by atoms with Crippen molar-refractivity contribution in [3.63, 3.8) is 0 Å². The maximum Gasteiger partial charge on any atom is 0.417 e. The van der Waals surface area contributed by atoms with Crippen molar-refractivity contribution in [1.82, 2.24) is 0 Å². The first-order valence-electron chi connectivity index (χ1n) is 27.2. The molecule has 14 aromatic rings. The van der Waals surface area contributed by atoms with Crippen molar-refractivity contribution in [1.29, 1.82) is 0 Å². The van der Waals surface area contributed by atoms with E-state index in [-0.39, 0.29) is 22.1 Å². The van der Waals surface area contributed by atoms with Crippen molar-refractivity contribution in [3.8, 4) is 22.3 Å². The summed E-state index contributed by atoms with van der Waals surface area (Å²) in [4.78, 5) is 0. The van der Waals surface area contributed by atoms with E-state index in [4.69, 9.17) is 0 Å². The monoisotopic (exact) mass is 1100 g/mol. The second kappa shape index (κ2) is 19.4. The fourth-order valence-electron chi connectivity index (χ4n) is 13.5. The Hall–Kier alpha value is -9.34. The van der Waals surface area contributed by atoms with Crippen LogP contribution in [0.2, 0.25) is 0 Å². The van der Waals surface area contributed by atoms with Gasteiger partial charge < -0.3 is 0 Å². The maximum atomic E-state index is 15.9. The summed E-state index contributed by atoms with van der Waals surface area (Å²) in [5.41, 5.74) is -0.678. The third-order valence-electron chi connectivity index (χ3n) is 16.9. The van der Waals surface area contributed by atoms with Gasteiger partial charge in [-0.1, -0.05) is 257 Å². The molecule has 0 heterocycles. The van der Waals surface area contributed by atoms with Crippen LogP contribution in [-0.2, 0) is 18.5 Å². The standard InChI is InChI=1S/C72H43B2F9/c1-42-16-10-29-57(70(75,76)77)66(42)55-40-64(73(60-32-11-21-43-17-2-6-25-47(43)60)61-33-12-22-44-18-3-7-26-48(44)61)53-38-39-54-65(74(62-34-13-23-45-19-4-8-27-49(45)62)63-35-14-24-46-20-5-9-28-50(46)63)41-56(52-37-36-51(55)67(53)68(52)54)69-58(71(78,79)80)30-15-31-59(69)72(81,82)83/h2-41H,1H3. The Morgan fingerprint density at radius 2 is 0.530 bits per heavy atom. The summed E-state index contributed by atoms with van der Waals surface area (Å²) in [6.07, 6.45) is -15.4. The molecule has 0 N–H and O–H groups in total. The molecule has 0 saturated heterocycles. The van der Waals surface area contributed by atoms with Gasteiger partial charge in [0.15, 0.2) is 0 Å². The molecule has 0 radical (unpaired) electrons. The third-order valence-corrected chi connectivity index (χ3v) is 16.9. The molecule has 0 aliphatic rings. The highest BCUT2D eigenvalue weighted by Gasteiger charge is 2.43. The lowest BCUT2D eigenvalue weighted by molar-refractivity contribution is -0.142. The second-order valence-corrected chi connectivity index (χ2v) is 21.5. The van der Waals surface area contributed by atoms with Crippen LogP contribution in [0.25, 0.3) is 97.7 Å². The van der Waals surface area contributed by atoms with Crippen molar-refractivity contribution in [2.24, 2.45) is 0 Å². The quantitative estimate of drug-likeness (QED) is 0.0808. The number of benzene rings is 14. The van der Waals surface area contributed by atoms with E-state index < -0.39 is 54.2 Å². The average Bonchev–Trinajstić information content (AvgIpc) is 1.06. The van der Waals surface area contributed by atoms with Crippen LogP contribution in [0.5, 0.6) is 0 Å². The van der Waals surface area contributed by atoms with Crippen LogP contribution in [-0.4, -0.2) is 13.4 Å². The van der Waals surface area contributed by atoms with E-state index in [0.717, 1.165) is 77.1 Å². The van der Waals surface area contributed by atoms with Gasteiger partial charge in [-0.25, -0.2) is 0 Å². The number of rotatable bonds is 8. The van der Waals surface area contributed by atoms with Crippen LogP contribution in [0.1, 0.15) is 22.3 Å². The first-order chi connectivity index (χ1) is 40.0. The molecular formula is C72H43B2F9. The van der Waals surface area contributed by atoms with Gasteiger partial charge in [-0.05, 0) is 123 Å². The zero-order valence-electron chi connectivity index (χ0n) is 44.2. The molecule has 0 fully saturated rings. The molecular weight excluding hydrogens is 1060 g/mol. The summed E-state index contributed by atoms with van der Waals surface area (Å²) in [7, 11) is 0. The summed E-state index contributed by atoms with van der Waals surface area (Å²) >= 11 is 0. The smallest absolute Gasteiger partial charge is 0.166 e. The molecule has 0 unspecified atom stereocenters. The fourth-order valence-corrected chi connectivity index (χ4v) is 13.5. The van der Waals surface area contributed by atoms with E-state index in [9.17, 15) is 0 Å². The number of fused-ring (bicyclic) bond motifs is 4. The number of alkyl halides is 9. The summed E-state index contributed by atoms with van der Waals surface area (Å²) in [6.45, 7) is 0.0562. The lowest BCUT2D eigenvalue weighted by atomic mass is 9.34. The Morgan fingerprint density at radius 3 is 0.880 bits per heavy atom. The molecule has 0 aliphatic heterocycles. The zero-order chi connectivity index (χ0) is 57.1. The Bertz CT molecular complexity index is 4710. The molecule has 400 valence electrons. The third kappa shape index (κ3) is 8.49. The van der Waals surface area contributed by atoms with Crippen LogP contribution in [0.3, 0.4) is 0 Å². The Morgan fingerprint density at radius 1 is 0.253 bits per heavy atom. The van der Waals surface area contributed by atoms with Gasteiger partial charge in [-0.3, -0.25) is 0 Å². The van der Waals surface area contributed by atoms with Crippen molar-refractivity contribution in [2.75, 3.05) is 0 Å². The predicted octanol–water partition coefficient (Wildman–Crippen LogP) is 16.9. The SMILES string of the molecule is Cc1cccc(C(F)(F)F)c1-c1cc(B(c2cccc3ccccc23)c2cccc3ccccc23)c2ccc3c(B(c4cccc5ccccc45)c4cccc5ccccc45)cc(-c4c(C(F)(F)F)cccc4C(F)(F)F)c4ccc1c2c34. The van der Waals surface area contributed by atoms with E-state index in [0.29, 0.717) is 55.6 Å². The summed E-state index contributed by atoms with van der Waals surface area (Å²) < 4.78 is 143. The van der Waals surface area contributed by atoms with E-state index in [1.54, 1.807) is 19.1 Å². The molecule has 0 amide bonds. The van der Waals surface area contributed by atoms with Crippen molar-refractivity contribution < 1.29 is 39.5 Å². The number of hydrogen-bond acceptors (Lipinski definition) is 0. The largest absolute Gasteiger partial charge is 0.417 e. The molecule has 0 aliphatic carbocycles. The number of hydrogen-bond donors (Lipinski definition) is 0. The Kier molecular flexibility index (Phi) is 12.1. The van der Waals surface area contributed by atoms with Crippen molar-refractivity contribution in [3.05, 3.63) is 265 Å². The van der Waals surface area contributed by atoms with E-state index >= 15 is 39.5 Å². The van der Waals surface area contributed by atoms with Gasteiger partial charge in [0.25, 0.3) is 0 Å². The number of aryl methyl sites for hydroxylation is 1. The Balaban J connectivity index is 1.25. The average molecular weight is 1100 g/mol. The Labute approximate surface area is 471 Å². The predicted molar refractivity (Wildman–Crippen MR) is 326 cm³/mol. The van der Waals surface area contributed by atoms with Crippen molar-refractivity contribution >= 4 is 122 Å². The van der Waals surface area contributed by atoms with Gasteiger partial charge in [0.1, 0.15) is 0 Å². The first-order valence-corrected chi connectivity index (χ1v) is 27.2. The molecule has 0 bridgehead atoms. The zero-order valence-corrected chi connectivity index (χ0v) is 44.2. The molecule has 14 aromatic carbocycles. The molecule has 0 saturated carbocycles. The highest BCUT2D eigenvalue weighted by Crippen LogP contribution is 2.50. The van der Waals surface area contributed by atoms with E-state index in [1.807, 2.05) is 188 Å². The van der Waals surface area contributed by atoms with Crippen LogP contribution in [0, 0.1) is 6.92 Å². The first kappa shape index (κ1) is 51.8. The van der Waals surface area contributed by atoms with Crippen LogP contribution < -0.4 is 32.8 Å². The number of halogens is 9. The van der Waals surface area contributed by atoms with E-state index in [2.05, 4.69) is 0 Å². The molecule has 0 atom stereocenters.